The van der Waals surface area contributed by atoms with Gasteiger partial charge in [0.15, 0.2) is 11.5 Å². The summed E-state index contributed by atoms with van der Waals surface area (Å²) in [6.07, 6.45) is 0. The Morgan fingerprint density at radius 3 is 2.64 bits per heavy atom. The highest BCUT2D eigenvalue weighted by Crippen LogP contribution is 2.29. The van der Waals surface area contributed by atoms with Crippen LogP contribution in [0.4, 0.5) is 0 Å². The van der Waals surface area contributed by atoms with Gasteiger partial charge >= 0.3 is 5.97 Å². The number of rotatable bonds is 7. The number of aromatic nitrogens is 1. The molecule has 1 amide bonds. The molecular weight excluding hydrogens is 344 g/mol. The number of ether oxygens (including phenoxy) is 2. The van der Waals surface area contributed by atoms with E-state index in [2.05, 4.69) is 10.3 Å². The fraction of sp³-hybridized carbons (Fsp3) is 0.353. The number of thiazole rings is 1. The first-order valence-electron chi connectivity index (χ1n) is 7.69. The van der Waals surface area contributed by atoms with Gasteiger partial charge in [0.1, 0.15) is 9.88 Å². The summed E-state index contributed by atoms with van der Waals surface area (Å²) in [7, 11) is 1.51. The van der Waals surface area contributed by atoms with Crippen molar-refractivity contribution < 1.29 is 24.2 Å². The van der Waals surface area contributed by atoms with E-state index in [1.165, 1.54) is 7.11 Å². The third kappa shape index (κ3) is 4.27. The number of methoxy groups -OCH3 is 1. The lowest BCUT2D eigenvalue weighted by atomic mass is 10.1. The molecule has 2 aromatic rings. The average molecular weight is 364 g/mol. The maximum Gasteiger partial charge on any atom is 0.347 e. The van der Waals surface area contributed by atoms with Gasteiger partial charge in [-0.25, -0.2) is 9.78 Å². The van der Waals surface area contributed by atoms with Crippen molar-refractivity contribution in [2.75, 3.05) is 13.7 Å². The maximum absolute atomic E-state index is 12.4. The van der Waals surface area contributed by atoms with Crippen molar-refractivity contribution >= 4 is 23.2 Å². The quantitative estimate of drug-likeness (QED) is 0.784. The van der Waals surface area contributed by atoms with Crippen molar-refractivity contribution in [1.82, 2.24) is 10.3 Å². The van der Waals surface area contributed by atoms with Crippen molar-refractivity contribution in [3.05, 3.63) is 39.3 Å². The number of nitrogens with zero attached hydrogens (tertiary/aromatic N) is 1. The fourth-order valence-corrected chi connectivity index (χ4v) is 3.13. The number of carbonyl (C=O) groups excluding carboxylic acids is 1. The van der Waals surface area contributed by atoms with Gasteiger partial charge in [0.2, 0.25) is 0 Å². The van der Waals surface area contributed by atoms with Crippen LogP contribution in [-0.2, 0) is 0 Å². The van der Waals surface area contributed by atoms with Gasteiger partial charge in [-0.05, 0) is 39.0 Å². The Kier molecular flexibility index (Phi) is 5.97. The van der Waals surface area contributed by atoms with Crippen molar-refractivity contribution in [3.63, 3.8) is 0 Å². The van der Waals surface area contributed by atoms with Crippen molar-refractivity contribution in [2.45, 2.75) is 26.8 Å². The lowest BCUT2D eigenvalue weighted by Gasteiger charge is -2.13. The van der Waals surface area contributed by atoms with E-state index in [-0.39, 0.29) is 10.8 Å². The first kappa shape index (κ1) is 18.7. The van der Waals surface area contributed by atoms with Gasteiger partial charge in [0, 0.05) is 5.56 Å². The van der Waals surface area contributed by atoms with Gasteiger partial charge in [0.25, 0.3) is 5.91 Å². The number of carbonyl (C=O) groups is 2. The number of hydrogen-bond acceptors (Lipinski definition) is 6. The topological polar surface area (TPSA) is 97.8 Å². The summed E-state index contributed by atoms with van der Waals surface area (Å²) in [6, 6.07) is 4.51. The standard InChI is InChI=1S/C17H20N2O5S/c1-5-24-12-7-6-11(8-13(12)23-4)15(20)18-10(3)16-19-9(2)14(25-16)17(21)22/h6-8,10H,5H2,1-4H3,(H,18,20)(H,21,22). The summed E-state index contributed by atoms with van der Waals surface area (Å²) in [6.45, 7) is 5.75. The third-order valence-electron chi connectivity index (χ3n) is 3.45. The van der Waals surface area contributed by atoms with Crippen molar-refractivity contribution in [1.29, 1.82) is 0 Å². The number of hydrogen-bond donors (Lipinski definition) is 2. The molecule has 0 fully saturated rings. The van der Waals surface area contributed by atoms with Gasteiger partial charge < -0.3 is 19.9 Å². The summed E-state index contributed by atoms with van der Waals surface area (Å²) in [5.74, 6) is -0.286. The molecule has 0 saturated heterocycles. The molecule has 0 bridgehead atoms. The molecule has 134 valence electrons. The molecule has 0 aliphatic carbocycles. The molecule has 0 aliphatic rings. The second-order valence-corrected chi connectivity index (χ2v) is 6.30. The SMILES string of the molecule is CCOc1ccc(C(=O)NC(C)c2nc(C)c(C(=O)O)s2)cc1OC. The number of amides is 1. The number of benzene rings is 1. The van der Waals surface area contributed by atoms with Crippen molar-refractivity contribution in [3.8, 4) is 11.5 Å². The van der Waals surface area contributed by atoms with E-state index < -0.39 is 12.0 Å². The number of nitrogens with one attached hydrogen (secondary N) is 1. The second kappa shape index (κ2) is 7.98. The minimum absolute atomic E-state index is 0.179. The maximum atomic E-state index is 12.4. The Morgan fingerprint density at radius 1 is 1.36 bits per heavy atom. The molecule has 1 atom stereocenters. The molecule has 1 aromatic heterocycles. The molecule has 8 heteroatoms. The predicted molar refractivity (Wildman–Crippen MR) is 93.9 cm³/mol. The number of aromatic carboxylic acids is 1. The predicted octanol–water partition coefficient (Wildman–Crippen LogP) is 3.05. The zero-order valence-corrected chi connectivity index (χ0v) is 15.3. The van der Waals surface area contributed by atoms with Crippen LogP contribution in [0.3, 0.4) is 0 Å². The van der Waals surface area contributed by atoms with E-state index in [1.54, 1.807) is 32.0 Å². The largest absolute Gasteiger partial charge is 0.493 e. The van der Waals surface area contributed by atoms with Crippen LogP contribution in [0.5, 0.6) is 11.5 Å². The summed E-state index contributed by atoms with van der Waals surface area (Å²) >= 11 is 1.06. The van der Waals surface area contributed by atoms with Gasteiger partial charge in [-0.2, -0.15) is 0 Å². The van der Waals surface area contributed by atoms with Gasteiger partial charge in [-0.1, -0.05) is 0 Å². The Morgan fingerprint density at radius 2 is 2.08 bits per heavy atom. The van der Waals surface area contributed by atoms with E-state index in [4.69, 9.17) is 14.6 Å². The molecule has 0 saturated carbocycles. The summed E-state index contributed by atoms with van der Waals surface area (Å²) in [5.41, 5.74) is 0.857. The van der Waals surface area contributed by atoms with E-state index >= 15 is 0 Å². The third-order valence-corrected chi connectivity index (χ3v) is 4.78. The van der Waals surface area contributed by atoms with Gasteiger partial charge in [-0.15, -0.1) is 11.3 Å². The molecule has 2 N–H and O–H groups in total. The van der Waals surface area contributed by atoms with Gasteiger partial charge in [-0.3, -0.25) is 4.79 Å². The highest BCUT2D eigenvalue weighted by Gasteiger charge is 2.20. The van der Waals surface area contributed by atoms with E-state index in [9.17, 15) is 9.59 Å². The second-order valence-electron chi connectivity index (χ2n) is 5.27. The Bertz CT molecular complexity index is 787. The minimum atomic E-state index is -1.02. The summed E-state index contributed by atoms with van der Waals surface area (Å²) in [5, 5.41) is 12.5. The zero-order chi connectivity index (χ0) is 18.6. The first-order chi connectivity index (χ1) is 11.9. The van der Waals surface area contributed by atoms with Crippen LogP contribution in [0.25, 0.3) is 0 Å². The normalized spacial score (nSPS) is 11.7. The van der Waals surface area contributed by atoms with Crippen LogP contribution in [0.15, 0.2) is 18.2 Å². The Labute approximate surface area is 149 Å². The highest BCUT2D eigenvalue weighted by atomic mass is 32.1. The lowest BCUT2D eigenvalue weighted by molar-refractivity contribution is 0.0701. The molecule has 2 rings (SSSR count). The van der Waals surface area contributed by atoms with Crippen LogP contribution >= 0.6 is 11.3 Å². The average Bonchev–Trinajstić information content (AvgIpc) is 2.97. The molecule has 0 aliphatic heterocycles. The molecular formula is C17H20N2O5S. The molecule has 1 heterocycles. The first-order valence-corrected chi connectivity index (χ1v) is 8.51. The zero-order valence-electron chi connectivity index (χ0n) is 14.5. The number of carboxylic acids is 1. The Balaban J connectivity index is 2.16. The summed E-state index contributed by atoms with van der Waals surface area (Å²) in [4.78, 5) is 28.0. The van der Waals surface area contributed by atoms with Crippen molar-refractivity contribution in [2.24, 2.45) is 0 Å². The van der Waals surface area contributed by atoms with E-state index in [1.807, 2.05) is 6.92 Å². The number of carboxylic acid groups (broad SMARTS) is 1. The highest BCUT2D eigenvalue weighted by molar-refractivity contribution is 7.13. The van der Waals surface area contributed by atoms with E-state index in [0.717, 1.165) is 11.3 Å². The van der Waals surface area contributed by atoms with E-state index in [0.29, 0.717) is 34.4 Å². The molecule has 7 nitrogen and oxygen atoms in total. The molecule has 0 radical (unpaired) electrons. The minimum Gasteiger partial charge on any atom is -0.493 e. The summed E-state index contributed by atoms with van der Waals surface area (Å²) < 4.78 is 10.7. The monoisotopic (exact) mass is 364 g/mol. The Hall–Kier alpha value is -2.61. The molecule has 1 aromatic carbocycles. The smallest absolute Gasteiger partial charge is 0.347 e. The van der Waals surface area contributed by atoms with Crippen LogP contribution in [0.2, 0.25) is 0 Å². The molecule has 0 spiro atoms. The van der Waals surface area contributed by atoms with Crippen LogP contribution in [0.1, 0.15) is 50.6 Å². The van der Waals surface area contributed by atoms with Crippen LogP contribution < -0.4 is 14.8 Å². The van der Waals surface area contributed by atoms with Gasteiger partial charge in [0.05, 0.1) is 25.5 Å². The van der Waals surface area contributed by atoms with Crippen LogP contribution in [0, 0.1) is 6.92 Å². The number of aryl methyl sites for hydroxylation is 1. The fourth-order valence-electron chi connectivity index (χ4n) is 2.23. The molecule has 1 unspecified atom stereocenters. The lowest BCUT2D eigenvalue weighted by Crippen LogP contribution is -2.26. The van der Waals surface area contributed by atoms with Crippen LogP contribution in [-0.4, -0.2) is 35.7 Å². The molecule has 25 heavy (non-hydrogen) atoms.